The SMILES string of the molecule is CCCC(C(=O)OCC)(C(=O)OCC)c1ccc(C(=O)C2CC2)cc1. The first-order valence-corrected chi connectivity index (χ1v) is 9.00. The highest BCUT2D eigenvalue weighted by Gasteiger charge is 2.49. The lowest BCUT2D eigenvalue weighted by molar-refractivity contribution is -0.165. The van der Waals surface area contributed by atoms with E-state index in [-0.39, 0.29) is 24.9 Å². The molecule has 5 nitrogen and oxygen atoms in total. The number of Topliss-reactive ketones (excluding diaryl/α,β-unsaturated/α-hetero) is 1. The van der Waals surface area contributed by atoms with Crippen molar-refractivity contribution in [2.75, 3.05) is 13.2 Å². The van der Waals surface area contributed by atoms with Gasteiger partial charge in [-0.3, -0.25) is 14.4 Å². The van der Waals surface area contributed by atoms with Crippen LogP contribution >= 0.6 is 0 Å². The molecule has 136 valence electrons. The summed E-state index contributed by atoms with van der Waals surface area (Å²) in [6, 6.07) is 6.75. The third-order valence-corrected chi connectivity index (χ3v) is 4.48. The fourth-order valence-electron chi connectivity index (χ4n) is 3.05. The highest BCUT2D eigenvalue weighted by Crippen LogP contribution is 2.35. The van der Waals surface area contributed by atoms with E-state index in [2.05, 4.69) is 0 Å². The van der Waals surface area contributed by atoms with Crippen molar-refractivity contribution in [3.8, 4) is 0 Å². The van der Waals surface area contributed by atoms with Crippen LogP contribution in [0.5, 0.6) is 0 Å². The van der Waals surface area contributed by atoms with Crippen LogP contribution in [0.15, 0.2) is 24.3 Å². The molecule has 0 bridgehead atoms. The quantitative estimate of drug-likeness (QED) is 0.389. The minimum Gasteiger partial charge on any atom is -0.465 e. The van der Waals surface area contributed by atoms with Gasteiger partial charge >= 0.3 is 11.9 Å². The van der Waals surface area contributed by atoms with Gasteiger partial charge in [0.25, 0.3) is 0 Å². The molecule has 0 saturated heterocycles. The minimum atomic E-state index is -1.48. The van der Waals surface area contributed by atoms with E-state index < -0.39 is 17.4 Å². The van der Waals surface area contributed by atoms with Crippen molar-refractivity contribution in [3.05, 3.63) is 35.4 Å². The van der Waals surface area contributed by atoms with Crippen LogP contribution in [-0.4, -0.2) is 30.9 Å². The fourth-order valence-corrected chi connectivity index (χ4v) is 3.05. The Kier molecular flexibility index (Phi) is 6.34. The highest BCUT2D eigenvalue weighted by molar-refractivity contribution is 6.06. The number of benzene rings is 1. The molecule has 0 aromatic heterocycles. The van der Waals surface area contributed by atoms with Gasteiger partial charge in [-0.2, -0.15) is 0 Å². The average molecular weight is 346 g/mol. The number of hydrogen-bond donors (Lipinski definition) is 0. The Labute approximate surface area is 148 Å². The van der Waals surface area contributed by atoms with Gasteiger partial charge in [-0.05, 0) is 38.7 Å². The summed E-state index contributed by atoms with van der Waals surface area (Å²) in [5.74, 6) is -0.950. The van der Waals surface area contributed by atoms with E-state index in [0.717, 1.165) is 12.8 Å². The molecule has 1 aromatic rings. The Bertz CT molecular complexity index is 610. The molecule has 25 heavy (non-hydrogen) atoms. The molecular formula is C20H26O5. The molecule has 0 aliphatic heterocycles. The number of rotatable bonds is 9. The lowest BCUT2D eigenvalue weighted by Crippen LogP contribution is -2.46. The van der Waals surface area contributed by atoms with Crippen molar-refractivity contribution >= 4 is 17.7 Å². The zero-order valence-electron chi connectivity index (χ0n) is 15.2. The van der Waals surface area contributed by atoms with Crippen LogP contribution in [0.1, 0.15) is 62.4 Å². The standard InChI is InChI=1S/C20H26O5/c1-4-13-20(18(22)24-5-2,19(23)25-6-3)16-11-9-15(10-12-16)17(21)14-7-8-14/h9-12,14H,4-8,13H2,1-3H3. The molecule has 0 spiro atoms. The molecule has 5 heteroatoms. The summed E-state index contributed by atoms with van der Waals surface area (Å²) in [6.45, 7) is 5.68. The van der Waals surface area contributed by atoms with Crippen molar-refractivity contribution < 1.29 is 23.9 Å². The average Bonchev–Trinajstić information content (AvgIpc) is 3.44. The summed E-state index contributed by atoms with van der Waals surface area (Å²) in [7, 11) is 0. The first-order valence-electron chi connectivity index (χ1n) is 9.00. The van der Waals surface area contributed by atoms with Gasteiger partial charge in [0.1, 0.15) is 0 Å². The molecule has 1 fully saturated rings. The molecule has 2 rings (SSSR count). The van der Waals surface area contributed by atoms with Crippen LogP contribution < -0.4 is 0 Å². The van der Waals surface area contributed by atoms with Gasteiger partial charge in [0.05, 0.1) is 13.2 Å². The maximum atomic E-state index is 12.7. The molecule has 1 aliphatic carbocycles. The maximum Gasteiger partial charge on any atom is 0.328 e. The van der Waals surface area contributed by atoms with Crippen LogP contribution in [0.2, 0.25) is 0 Å². The second-order valence-corrected chi connectivity index (χ2v) is 6.31. The van der Waals surface area contributed by atoms with E-state index in [9.17, 15) is 14.4 Å². The molecular weight excluding hydrogens is 320 g/mol. The van der Waals surface area contributed by atoms with Crippen LogP contribution in [0, 0.1) is 5.92 Å². The van der Waals surface area contributed by atoms with Crippen molar-refractivity contribution in [2.45, 2.75) is 51.9 Å². The largest absolute Gasteiger partial charge is 0.465 e. The van der Waals surface area contributed by atoms with Gasteiger partial charge in [-0.25, -0.2) is 0 Å². The van der Waals surface area contributed by atoms with E-state index in [4.69, 9.17) is 9.47 Å². The smallest absolute Gasteiger partial charge is 0.328 e. The number of ketones is 1. The van der Waals surface area contributed by atoms with Gasteiger partial charge in [-0.1, -0.05) is 37.6 Å². The Morgan fingerprint density at radius 3 is 1.88 bits per heavy atom. The van der Waals surface area contributed by atoms with Crippen LogP contribution in [0.25, 0.3) is 0 Å². The lowest BCUT2D eigenvalue weighted by atomic mass is 9.76. The number of carbonyl (C=O) groups excluding carboxylic acids is 3. The molecule has 0 amide bonds. The second-order valence-electron chi connectivity index (χ2n) is 6.31. The second kappa shape index (κ2) is 8.28. The molecule has 0 heterocycles. The normalized spacial score (nSPS) is 14.0. The van der Waals surface area contributed by atoms with Crippen LogP contribution in [0.3, 0.4) is 0 Å². The minimum absolute atomic E-state index is 0.125. The van der Waals surface area contributed by atoms with Crippen LogP contribution in [0.4, 0.5) is 0 Å². The van der Waals surface area contributed by atoms with E-state index >= 15 is 0 Å². The number of hydrogen-bond acceptors (Lipinski definition) is 5. The van der Waals surface area contributed by atoms with E-state index in [1.807, 2.05) is 6.92 Å². The highest BCUT2D eigenvalue weighted by atomic mass is 16.6. The van der Waals surface area contributed by atoms with Gasteiger partial charge < -0.3 is 9.47 Å². The summed E-state index contributed by atoms with van der Waals surface area (Å²) in [5.41, 5.74) is -0.356. The summed E-state index contributed by atoms with van der Waals surface area (Å²) in [5, 5.41) is 0. The third kappa shape index (κ3) is 3.91. The molecule has 0 atom stereocenters. The summed E-state index contributed by atoms with van der Waals surface area (Å²) in [6.07, 6.45) is 2.78. The van der Waals surface area contributed by atoms with Crippen molar-refractivity contribution in [1.82, 2.24) is 0 Å². The van der Waals surface area contributed by atoms with Crippen molar-refractivity contribution in [2.24, 2.45) is 5.92 Å². The summed E-state index contributed by atoms with van der Waals surface area (Å²) in [4.78, 5) is 37.6. The zero-order chi connectivity index (χ0) is 18.4. The molecule has 1 aliphatic rings. The zero-order valence-corrected chi connectivity index (χ0v) is 15.2. The third-order valence-electron chi connectivity index (χ3n) is 4.48. The number of esters is 2. The Balaban J connectivity index is 2.43. The first-order chi connectivity index (χ1) is 12.0. The van der Waals surface area contributed by atoms with Gasteiger partial charge in [0.2, 0.25) is 0 Å². The number of carbonyl (C=O) groups is 3. The summed E-state index contributed by atoms with van der Waals surface area (Å²) >= 11 is 0. The lowest BCUT2D eigenvalue weighted by Gasteiger charge is -2.29. The Hall–Kier alpha value is -2.17. The Morgan fingerprint density at radius 1 is 0.960 bits per heavy atom. The predicted molar refractivity (Wildman–Crippen MR) is 93.3 cm³/mol. The fraction of sp³-hybridized carbons (Fsp3) is 0.550. The van der Waals surface area contributed by atoms with E-state index in [0.29, 0.717) is 24.0 Å². The van der Waals surface area contributed by atoms with Crippen LogP contribution in [-0.2, 0) is 24.5 Å². The molecule has 0 unspecified atom stereocenters. The first kappa shape index (κ1) is 19.2. The molecule has 1 saturated carbocycles. The molecule has 0 radical (unpaired) electrons. The summed E-state index contributed by atoms with van der Waals surface area (Å²) < 4.78 is 10.4. The van der Waals surface area contributed by atoms with Crippen molar-refractivity contribution in [3.63, 3.8) is 0 Å². The monoisotopic (exact) mass is 346 g/mol. The Morgan fingerprint density at radius 2 is 1.48 bits per heavy atom. The van der Waals surface area contributed by atoms with Gasteiger partial charge in [-0.15, -0.1) is 0 Å². The topological polar surface area (TPSA) is 69.7 Å². The number of ether oxygens (including phenoxy) is 2. The molecule has 0 N–H and O–H groups in total. The van der Waals surface area contributed by atoms with E-state index in [1.165, 1.54) is 0 Å². The predicted octanol–water partition coefficient (Wildman–Crippen LogP) is 3.44. The van der Waals surface area contributed by atoms with Gasteiger partial charge in [0, 0.05) is 11.5 Å². The van der Waals surface area contributed by atoms with Crippen molar-refractivity contribution in [1.29, 1.82) is 0 Å². The van der Waals surface area contributed by atoms with E-state index in [1.54, 1.807) is 38.1 Å². The molecule has 1 aromatic carbocycles. The maximum absolute atomic E-state index is 12.7. The van der Waals surface area contributed by atoms with Gasteiger partial charge in [0.15, 0.2) is 11.2 Å².